The number of para-hydroxylation sites is 2. The van der Waals surface area contributed by atoms with Crippen LogP contribution < -0.4 is 0 Å². The molecule has 2 aromatic heterocycles. The molecule has 2 aromatic carbocycles. The maximum atomic E-state index is 11.5. The Bertz CT molecular complexity index is 930. The van der Waals surface area contributed by atoms with E-state index in [-0.39, 0.29) is 0 Å². The standard InChI is InChI=1S/C17H12N2O/c20-11-14-13-6-2-3-7-15(13)18-17(14)19-10-9-12-5-1-4-8-16(12)19/h1-11,18H. The number of hydrogen-bond acceptors (Lipinski definition) is 1. The van der Waals surface area contributed by atoms with Gasteiger partial charge in [0.25, 0.3) is 0 Å². The summed E-state index contributed by atoms with van der Waals surface area (Å²) in [6.07, 6.45) is 2.91. The van der Waals surface area contributed by atoms with E-state index in [4.69, 9.17) is 0 Å². The Hall–Kier alpha value is -2.81. The van der Waals surface area contributed by atoms with E-state index >= 15 is 0 Å². The number of aldehydes is 1. The highest BCUT2D eigenvalue weighted by atomic mass is 16.1. The number of aromatic amines is 1. The molecule has 4 aromatic rings. The molecule has 4 rings (SSSR count). The fourth-order valence-corrected chi connectivity index (χ4v) is 2.74. The highest BCUT2D eigenvalue weighted by molar-refractivity contribution is 6.02. The lowest BCUT2D eigenvalue weighted by atomic mass is 10.2. The highest BCUT2D eigenvalue weighted by Crippen LogP contribution is 2.27. The summed E-state index contributed by atoms with van der Waals surface area (Å²) in [5.74, 6) is 0.822. The summed E-state index contributed by atoms with van der Waals surface area (Å²) in [6.45, 7) is 0. The minimum Gasteiger partial charge on any atom is -0.340 e. The summed E-state index contributed by atoms with van der Waals surface area (Å²) in [7, 11) is 0. The molecule has 0 aliphatic rings. The van der Waals surface area contributed by atoms with Gasteiger partial charge in [-0.05, 0) is 23.6 Å². The van der Waals surface area contributed by atoms with Crippen LogP contribution in [0.25, 0.3) is 27.6 Å². The largest absolute Gasteiger partial charge is 0.340 e. The van der Waals surface area contributed by atoms with E-state index in [1.807, 2.05) is 47.2 Å². The molecular weight excluding hydrogens is 248 g/mol. The first-order valence-corrected chi connectivity index (χ1v) is 6.51. The lowest BCUT2D eigenvalue weighted by molar-refractivity contribution is 0.112. The minimum absolute atomic E-state index is 0.696. The Morgan fingerprint density at radius 3 is 2.65 bits per heavy atom. The fraction of sp³-hybridized carbons (Fsp3) is 0. The predicted molar refractivity (Wildman–Crippen MR) is 80.5 cm³/mol. The van der Waals surface area contributed by atoms with Crippen LogP contribution in [0.5, 0.6) is 0 Å². The van der Waals surface area contributed by atoms with Gasteiger partial charge in [-0.1, -0.05) is 36.4 Å². The molecule has 3 nitrogen and oxygen atoms in total. The van der Waals surface area contributed by atoms with E-state index in [1.165, 1.54) is 0 Å². The van der Waals surface area contributed by atoms with Gasteiger partial charge >= 0.3 is 0 Å². The van der Waals surface area contributed by atoms with Gasteiger partial charge in [0.05, 0.1) is 11.1 Å². The summed E-state index contributed by atoms with van der Waals surface area (Å²) < 4.78 is 2.03. The maximum Gasteiger partial charge on any atom is 0.154 e. The van der Waals surface area contributed by atoms with Crippen molar-refractivity contribution in [2.24, 2.45) is 0 Å². The molecule has 0 atom stereocenters. The van der Waals surface area contributed by atoms with Gasteiger partial charge in [0.2, 0.25) is 0 Å². The third-order valence-electron chi connectivity index (χ3n) is 3.68. The molecule has 96 valence electrons. The fourth-order valence-electron chi connectivity index (χ4n) is 2.74. The lowest BCUT2D eigenvalue weighted by Gasteiger charge is -2.03. The second kappa shape index (κ2) is 4.10. The van der Waals surface area contributed by atoms with E-state index in [0.717, 1.165) is 33.9 Å². The van der Waals surface area contributed by atoms with Crippen molar-refractivity contribution in [1.82, 2.24) is 9.55 Å². The SMILES string of the molecule is O=Cc1c(-n2ccc3ccccc32)[nH]c2ccccc12. The quantitative estimate of drug-likeness (QED) is 0.545. The van der Waals surface area contributed by atoms with E-state index in [0.29, 0.717) is 5.56 Å². The van der Waals surface area contributed by atoms with Crippen LogP contribution in [-0.4, -0.2) is 15.8 Å². The van der Waals surface area contributed by atoms with Gasteiger partial charge in [0, 0.05) is 17.1 Å². The predicted octanol–water partition coefficient (Wildman–Crippen LogP) is 3.92. The van der Waals surface area contributed by atoms with Crippen molar-refractivity contribution < 1.29 is 4.79 Å². The Labute approximate surface area is 115 Å². The Balaban J connectivity index is 2.09. The van der Waals surface area contributed by atoms with Crippen LogP contribution in [0, 0.1) is 0 Å². The number of carbonyl (C=O) groups is 1. The zero-order valence-electron chi connectivity index (χ0n) is 10.7. The molecular formula is C17H12N2O. The number of nitrogens with zero attached hydrogens (tertiary/aromatic N) is 1. The molecule has 0 saturated carbocycles. The van der Waals surface area contributed by atoms with Gasteiger partial charge in [-0.15, -0.1) is 0 Å². The number of aromatic nitrogens is 2. The average molecular weight is 260 g/mol. The number of fused-ring (bicyclic) bond motifs is 2. The third-order valence-corrected chi connectivity index (χ3v) is 3.68. The van der Waals surface area contributed by atoms with Crippen molar-refractivity contribution in [3.05, 3.63) is 66.4 Å². The normalized spacial score (nSPS) is 11.2. The molecule has 20 heavy (non-hydrogen) atoms. The zero-order valence-corrected chi connectivity index (χ0v) is 10.7. The number of hydrogen-bond donors (Lipinski definition) is 1. The third kappa shape index (κ3) is 1.43. The van der Waals surface area contributed by atoms with Crippen LogP contribution in [0.3, 0.4) is 0 Å². The van der Waals surface area contributed by atoms with Gasteiger partial charge in [0.1, 0.15) is 5.82 Å². The Morgan fingerprint density at radius 2 is 1.75 bits per heavy atom. The van der Waals surface area contributed by atoms with Crippen molar-refractivity contribution in [2.75, 3.05) is 0 Å². The van der Waals surface area contributed by atoms with Crippen molar-refractivity contribution in [1.29, 1.82) is 0 Å². The summed E-state index contributed by atoms with van der Waals surface area (Å²) in [5, 5.41) is 2.11. The van der Waals surface area contributed by atoms with Crippen LogP contribution in [0.2, 0.25) is 0 Å². The molecule has 0 bridgehead atoms. The summed E-state index contributed by atoms with van der Waals surface area (Å²) >= 11 is 0. The number of H-pyrrole nitrogens is 1. The Kier molecular flexibility index (Phi) is 2.27. The molecule has 0 unspecified atom stereocenters. The Morgan fingerprint density at radius 1 is 0.950 bits per heavy atom. The van der Waals surface area contributed by atoms with Crippen LogP contribution in [0.15, 0.2) is 60.8 Å². The van der Waals surface area contributed by atoms with Crippen LogP contribution in [-0.2, 0) is 0 Å². The maximum absolute atomic E-state index is 11.5. The molecule has 0 fully saturated rings. The van der Waals surface area contributed by atoms with E-state index in [2.05, 4.69) is 23.2 Å². The molecule has 0 saturated heterocycles. The van der Waals surface area contributed by atoms with E-state index in [1.54, 1.807) is 0 Å². The van der Waals surface area contributed by atoms with Crippen molar-refractivity contribution >= 4 is 28.1 Å². The molecule has 0 amide bonds. The van der Waals surface area contributed by atoms with Gasteiger partial charge < -0.3 is 9.55 Å². The molecule has 2 heterocycles. The number of benzene rings is 2. The molecule has 0 aliphatic heterocycles. The van der Waals surface area contributed by atoms with Gasteiger partial charge in [-0.2, -0.15) is 0 Å². The second-order valence-electron chi connectivity index (χ2n) is 4.80. The number of carbonyl (C=O) groups excluding carboxylic acids is 1. The average Bonchev–Trinajstić information content (AvgIpc) is 3.07. The molecule has 0 radical (unpaired) electrons. The molecule has 0 spiro atoms. The second-order valence-corrected chi connectivity index (χ2v) is 4.80. The summed E-state index contributed by atoms with van der Waals surface area (Å²) in [6, 6.07) is 18.0. The van der Waals surface area contributed by atoms with Gasteiger partial charge in [0.15, 0.2) is 6.29 Å². The highest BCUT2D eigenvalue weighted by Gasteiger charge is 2.13. The first kappa shape index (κ1) is 11.1. The van der Waals surface area contributed by atoms with Gasteiger partial charge in [-0.25, -0.2) is 0 Å². The van der Waals surface area contributed by atoms with Crippen molar-refractivity contribution in [2.45, 2.75) is 0 Å². The van der Waals surface area contributed by atoms with Crippen LogP contribution >= 0.6 is 0 Å². The molecule has 1 N–H and O–H groups in total. The summed E-state index contributed by atoms with van der Waals surface area (Å²) in [5.41, 5.74) is 2.76. The lowest BCUT2D eigenvalue weighted by Crippen LogP contribution is -1.96. The zero-order chi connectivity index (χ0) is 13.5. The van der Waals surface area contributed by atoms with Crippen LogP contribution in [0.4, 0.5) is 0 Å². The topological polar surface area (TPSA) is 37.8 Å². The number of rotatable bonds is 2. The van der Waals surface area contributed by atoms with Crippen molar-refractivity contribution in [3.8, 4) is 5.82 Å². The van der Waals surface area contributed by atoms with E-state index < -0.39 is 0 Å². The molecule has 3 heteroatoms. The minimum atomic E-state index is 0.696. The van der Waals surface area contributed by atoms with E-state index in [9.17, 15) is 4.79 Å². The molecule has 0 aliphatic carbocycles. The van der Waals surface area contributed by atoms with Gasteiger partial charge in [-0.3, -0.25) is 4.79 Å². The first-order chi connectivity index (χ1) is 9.88. The van der Waals surface area contributed by atoms with Crippen LogP contribution in [0.1, 0.15) is 10.4 Å². The smallest absolute Gasteiger partial charge is 0.154 e. The number of nitrogens with one attached hydrogen (secondary N) is 1. The summed E-state index contributed by atoms with van der Waals surface area (Å²) in [4.78, 5) is 14.8. The van der Waals surface area contributed by atoms with Crippen molar-refractivity contribution in [3.63, 3.8) is 0 Å². The first-order valence-electron chi connectivity index (χ1n) is 6.51. The monoisotopic (exact) mass is 260 g/mol.